The van der Waals surface area contributed by atoms with Gasteiger partial charge in [-0.3, -0.25) is 9.59 Å². The predicted octanol–water partition coefficient (Wildman–Crippen LogP) is 4.43. The fraction of sp³-hybridized carbons (Fsp3) is 0.906. The van der Waals surface area contributed by atoms with Crippen LogP contribution in [-0.4, -0.2) is 92.8 Å². The Balaban J connectivity index is 1.92. The summed E-state index contributed by atoms with van der Waals surface area (Å²) in [5, 5.41) is 2.84. The molecule has 2 bridgehead atoms. The minimum Gasteiger partial charge on any atom is -0.462 e. The monoisotopic (exact) mass is 596 g/mol. The highest BCUT2D eigenvalue weighted by Crippen LogP contribution is 2.37. The summed E-state index contributed by atoms with van der Waals surface area (Å²) in [4.78, 5) is 41.2. The first kappa shape index (κ1) is 34.7. The van der Waals surface area contributed by atoms with E-state index in [9.17, 15) is 14.4 Å². The first-order valence-electron chi connectivity index (χ1n) is 15.8. The maximum atomic E-state index is 13.5. The average molecular weight is 597 g/mol. The van der Waals surface area contributed by atoms with Gasteiger partial charge in [0.25, 0.3) is 0 Å². The van der Waals surface area contributed by atoms with Crippen LogP contribution in [0.5, 0.6) is 0 Å². The fourth-order valence-electron chi connectivity index (χ4n) is 7.44. The van der Waals surface area contributed by atoms with E-state index >= 15 is 0 Å². The van der Waals surface area contributed by atoms with Gasteiger partial charge in [0.1, 0.15) is 18.0 Å². The van der Waals surface area contributed by atoms with Crippen LogP contribution < -0.4 is 5.32 Å². The van der Waals surface area contributed by atoms with Crippen molar-refractivity contribution in [2.24, 2.45) is 35.5 Å². The molecular formula is C32H56N2O8. The molecule has 42 heavy (non-hydrogen) atoms. The molecule has 10 nitrogen and oxygen atoms in total. The van der Waals surface area contributed by atoms with E-state index in [1.165, 1.54) is 0 Å². The van der Waals surface area contributed by atoms with Crippen LogP contribution in [0.4, 0.5) is 4.79 Å². The zero-order valence-electron chi connectivity index (χ0n) is 27.6. The second-order valence-electron chi connectivity index (χ2n) is 13.7. The zero-order chi connectivity index (χ0) is 31.5. The Bertz CT molecular complexity index is 930. The topological polar surface area (TPSA) is 113 Å². The molecule has 0 radical (unpaired) electrons. The van der Waals surface area contributed by atoms with Crippen molar-refractivity contribution in [2.75, 3.05) is 21.2 Å². The first-order chi connectivity index (χ1) is 19.6. The summed E-state index contributed by atoms with van der Waals surface area (Å²) < 4.78 is 30.7. The standard InChI is InChI=1S/C32H56N2O8/c1-16-12-17(2)30(42-31-22(7)28(34(9)10)20(5)23(8)40-31)29(38-11)18(3)13-27(36)39-19(4)14-26-21(6)24(15-25(16)35)33-32(37)41-26/h16-24,26,28-31H,12-15H2,1-11H3,(H,33,37)/t16-,17+,18-,19-,20?,21+,22?,23?,24+,26-,28?,29+,30+,31?/m1/s1. The molecule has 0 aromatic heterocycles. The van der Waals surface area contributed by atoms with E-state index < -0.39 is 36.8 Å². The van der Waals surface area contributed by atoms with Crippen LogP contribution in [0.1, 0.15) is 81.1 Å². The Morgan fingerprint density at radius 2 is 1.48 bits per heavy atom. The Morgan fingerprint density at radius 1 is 0.810 bits per heavy atom. The summed E-state index contributed by atoms with van der Waals surface area (Å²) in [6.45, 7) is 16.2. The summed E-state index contributed by atoms with van der Waals surface area (Å²) in [6, 6.07) is -0.0878. The van der Waals surface area contributed by atoms with Gasteiger partial charge in [0, 0.05) is 49.8 Å². The molecule has 0 aromatic carbocycles. The third-order valence-corrected chi connectivity index (χ3v) is 10.1. The van der Waals surface area contributed by atoms with Crippen molar-refractivity contribution in [3.05, 3.63) is 0 Å². The van der Waals surface area contributed by atoms with Crippen LogP contribution in [-0.2, 0) is 33.3 Å². The van der Waals surface area contributed by atoms with Crippen molar-refractivity contribution in [3.8, 4) is 0 Å². The molecule has 242 valence electrons. The summed E-state index contributed by atoms with van der Waals surface area (Å²) in [7, 11) is 5.82. The normalized spacial score (nSPS) is 44.7. The number of amides is 1. The molecule has 3 aliphatic heterocycles. The molecule has 5 unspecified atom stereocenters. The minimum atomic E-state index is -0.539. The number of carbonyl (C=O) groups is 3. The molecule has 3 heterocycles. The summed E-state index contributed by atoms with van der Waals surface area (Å²) in [5.41, 5.74) is 0. The number of ketones is 1. The molecule has 3 rings (SSSR count). The van der Waals surface area contributed by atoms with Gasteiger partial charge in [0.2, 0.25) is 0 Å². The average Bonchev–Trinajstić information content (AvgIpc) is 2.88. The van der Waals surface area contributed by atoms with Crippen molar-refractivity contribution in [2.45, 2.75) is 130 Å². The number of methoxy groups -OCH3 is 1. The van der Waals surface area contributed by atoms with Crippen LogP contribution in [0.25, 0.3) is 0 Å². The van der Waals surface area contributed by atoms with Gasteiger partial charge in [0.15, 0.2) is 6.29 Å². The van der Waals surface area contributed by atoms with Crippen LogP contribution in [0.15, 0.2) is 0 Å². The molecule has 10 heteroatoms. The molecule has 3 saturated heterocycles. The largest absolute Gasteiger partial charge is 0.462 e. The van der Waals surface area contributed by atoms with Crippen molar-refractivity contribution in [1.82, 2.24) is 10.2 Å². The highest BCUT2D eigenvalue weighted by Gasteiger charge is 2.45. The quantitative estimate of drug-likeness (QED) is 0.471. The number of fused-ring (bicyclic) bond motifs is 2. The van der Waals surface area contributed by atoms with Gasteiger partial charge in [-0.1, -0.05) is 41.5 Å². The second kappa shape index (κ2) is 14.8. The lowest BCUT2D eigenvalue weighted by Gasteiger charge is -2.48. The summed E-state index contributed by atoms with van der Waals surface area (Å²) in [6.07, 6.45) is -1.49. The predicted molar refractivity (Wildman–Crippen MR) is 159 cm³/mol. The number of alkyl carbamates (subject to hydrolysis) is 1. The van der Waals surface area contributed by atoms with Crippen LogP contribution >= 0.6 is 0 Å². The Hall–Kier alpha value is -1.75. The van der Waals surface area contributed by atoms with Gasteiger partial charge in [-0.2, -0.15) is 0 Å². The molecule has 1 amide bonds. The maximum absolute atomic E-state index is 13.5. The Morgan fingerprint density at radius 3 is 2.10 bits per heavy atom. The first-order valence-corrected chi connectivity index (χ1v) is 15.8. The van der Waals surface area contributed by atoms with Crippen molar-refractivity contribution < 1.29 is 38.1 Å². The molecule has 0 spiro atoms. The lowest BCUT2D eigenvalue weighted by atomic mass is 9.80. The van der Waals surface area contributed by atoms with Gasteiger partial charge in [-0.25, -0.2) is 4.79 Å². The van der Waals surface area contributed by atoms with E-state index in [2.05, 4.69) is 52.0 Å². The number of esters is 1. The molecule has 1 N–H and O–H groups in total. The van der Waals surface area contributed by atoms with E-state index in [0.717, 1.165) is 0 Å². The molecule has 14 atom stereocenters. The maximum Gasteiger partial charge on any atom is 0.407 e. The van der Waals surface area contributed by atoms with E-state index in [0.29, 0.717) is 18.8 Å². The van der Waals surface area contributed by atoms with Gasteiger partial charge in [-0.05, 0) is 52.1 Å². The molecule has 3 fully saturated rings. The van der Waals surface area contributed by atoms with Crippen molar-refractivity contribution in [1.29, 1.82) is 0 Å². The highest BCUT2D eigenvalue weighted by atomic mass is 16.7. The SMILES string of the molecule is CO[C@@H]1[C@@H](OC2OC(C)C(C)C(N(C)C)C2C)[C@@H](C)C[C@@H](C)C(=O)C[C@@H]2NC(=O)O[C@H](C[C@@H](C)OC(=O)C[C@H]1C)[C@H]2C. The molecular weight excluding hydrogens is 540 g/mol. The van der Waals surface area contributed by atoms with Gasteiger partial charge >= 0.3 is 12.1 Å². The lowest BCUT2D eigenvalue weighted by molar-refractivity contribution is -0.282. The molecule has 0 aromatic rings. The molecule has 0 saturated carbocycles. The lowest BCUT2D eigenvalue weighted by Crippen LogP contribution is -2.56. The smallest absolute Gasteiger partial charge is 0.407 e. The van der Waals surface area contributed by atoms with Gasteiger partial charge in [0.05, 0.1) is 24.7 Å². The summed E-state index contributed by atoms with van der Waals surface area (Å²) >= 11 is 0. The van der Waals surface area contributed by atoms with E-state index in [-0.39, 0.29) is 72.4 Å². The third-order valence-electron chi connectivity index (χ3n) is 10.1. The number of rotatable bonds is 4. The fourth-order valence-corrected chi connectivity index (χ4v) is 7.44. The second-order valence-corrected chi connectivity index (χ2v) is 13.7. The number of Topliss-reactive ketones (excluding diaryl/α,β-unsaturated/α-hetero) is 1. The highest BCUT2D eigenvalue weighted by molar-refractivity contribution is 5.82. The number of nitrogens with one attached hydrogen (secondary N) is 1. The zero-order valence-corrected chi connectivity index (χ0v) is 27.6. The number of hydrogen-bond donors (Lipinski definition) is 1. The Kier molecular flexibility index (Phi) is 12.3. The van der Waals surface area contributed by atoms with Gasteiger partial charge < -0.3 is 33.9 Å². The number of nitrogens with zero attached hydrogens (tertiary/aromatic N) is 1. The van der Waals surface area contributed by atoms with Crippen LogP contribution in [0, 0.1) is 35.5 Å². The van der Waals surface area contributed by atoms with Crippen LogP contribution in [0.3, 0.4) is 0 Å². The number of ether oxygens (including phenoxy) is 5. The van der Waals surface area contributed by atoms with E-state index in [1.54, 1.807) is 7.11 Å². The molecule has 3 aliphatic rings. The Labute approximate surface area is 252 Å². The van der Waals surface area contributed by atoms with Crippen LogP contribution in [0.2, 0.25) is 0 Å². The number of carbonyl (C=O) groups excluding carboxylic acids is 3. The van der Waals surface area contributed by atoms with Crippen molar-refractivity contribution in [3.63, 3.8) is 0 Å². The number of cyclic esters (lactones) is 1. The third kappa shape index (κ3) is 8.24. The number of hydrogen-bond acceptors (Lipinski definition) is 9. The summed E-state index contributed by atoms with van der Waals surface area (Å²) in [5.74, 6) is -0.522. The minimum absolute atomic E-state index is 0.00372. The van der Waals surface area contributed by atoms with Crippen molar-refractivity contribution >= 4 is 17.8 Å². The van der Waals surface area contributed by atoms with E-state index in [4.69, 9.17) is 23.7 Å². The molecule has 0 aliphatic carbocycles. The van der Waals surface area contributed by atoms with Gasteiger partial charge in [-0.15, -0.1) is 0 Å². The van der Waals surface area contributed by atoms with E-state index in [1.807, 2.05) is 27.7 Å².